The molecule has 6 nitrogen and oxygen atoms in total. The Morgan fingerprint density at radius 1 is 1.28 bits per heavy atom. The van der Waals surface area contributed by atoms with Crippen molar-refractivity contribution in [3.05, 3.63) is 46.7 Å². The van der Waals surface area contributed by atoms with Crippen LogP contribution in [0.3, 0.4) is 0 Å². The van der Waals surface area contributed by atoms with E-state index in [4.69, 9.17) is 11.6 Å². The summed E-state index contributed by atoms with van der Waals surface area (Å²) in [4.78, 5) is 23.9. The van der Waals surface area contributed by atoms with Crippen molar-refractivity contribution in [2.24, 2.45) is 0 Å². The molecule has 1 aliphatic rings. The maximum Gasteiger partial charge on any atom is 0.305 e. The normalized spacial score (nSPS) is 15.9. The van der Waals surface area contributed by atoms with Gasteiger partial charge in [-0.25, -0.2) is 4.68 Å². The number of benzene rings is 1. The number of rotatable bonds is 5. The average molecular weight is 362 g/mol. The molecule has 1 aliphatic carbocycles. The van der Waals surface area contributed by atoms with Gasteiger partial charge in [-0.15, -0.1) is 0 Å². The molecule has 25 heavy (non-hydrogen) atoms. The minimum absolute atomic E-state index is 0.0525. The van der Waals surface area contributed by atoms with E-state index in [1.165, 1.54) is 6.20 Å². The molecule has 2 aromatic rings. The molecule has 1 saturated carbocycles. The van der Waals surface area contributed by atoms with Gasteiger partial charge in [-0.05, 0) is 44.0 Å². The molecule has 0 bridgehead atoms. The van der Waals surface area contributed by atoms with Crippen molar-refractivity contribution in [3.63, 3.8) is 0 Å². The molecule has 7 heteroatoms. The minimum Gasteiger partial charge on any atom is -0.481 e. The highest BCUT2D eigenvalue weighted by atomic mass is 35.5. The number of aliphatic carboxylic acids is 1. The number of carbonyl (C=O) groups excluding carboxylic acids is 1. The molecule has 0 radical (unpaired) electrons. The number of carboxylic acid groups (broad SMARTS) is 1. The first-order valence-corrected chi connectivity index (χ1v) is 8.63. The van der Waals surface area contributed by atoms with Crippen LogP contribution in [0.1, 0.15) is 48.2 Å². The molecular formula is C18H20ClN3O3. The standard InChI is InChI=1S/C18H20ClN3O3/c1-12-15(11-20-22(12)14-6-4-13(19)5-7-14)17(25)21-18(10-16(23)24)8-2-3-9-18/h4-7,11H,2-3,8-10H2,1H3,(H,21,25)(H,23,24). The summed E-state index contributed by atoms with van der Waals surface area (Å²) in [6.45, 7) is 1.81. The van der Waals surface area contributed by atoms with Crippen LogP contribution < -0.4 is 5.32 Å². The zero-order chi connectivity index (χ0) is 18.0. The van der Waals surface area contributed by atoms with Gasteiger partial charge in [-0.2, -0.15) is 5.10 Å². The molecule has 3 rings (SSSR count). The van der Waals surface area contributed by atoms with Crippen molar-refractivity contribution in [3.8, 4) is 5.69 Å². The van der Waals surface area contributed by atoms with Crippen molar-refractivity contribution in [1.29, 1.82) is 0 Å². The minimum atomic E-state index is -0.893. The van der Waals surface area contributed by atoms with E-state index in [0.29, 0.717) is 29.1 Å². The number of carbonyl (C=O) groups is 2. The van der Waals surface area contributed by atoms with Crippen LogP contribution in [0.4, 0.5) is 0 Å². The van der Waals surface area contributed by atoms with Crippen LogP contribution in [0.15, 0.2) is 30.5 Å². The maximum absolute atomic E-state index is 12.7. The lowest BCUT2D eigenvalue weighted by Crippen LogP contribution is -2.47. The summed E-state index contributed by atoms with van der Waals surface area (Å²) in [7, 11) is 0. The highest BCUT2D eigenvalue weighted by Gasteiger charge is 2.38. The second-order valence-electron chi connectivity index (χ2n) is 6.54. The molecule has 0 aliphatic heterocycles. The Labute approximate surface area is 150 Å². The van der Waals surface area contributed by atoms with Gasteiger partial charge >= 0.3 is 5.97 Å². The van der Waals surface area contributed by atoms with Crippen molar-refractivity contribution in [1.82, 2.24) is 15.1 Å². The monoisotopic (exact) mass is 361 g/mol. The van der Waals surface area contributed by atoms with Gasteiger partial charge in [0.05, 0.1) is 35.1 Å². The Bertz CT molecular complexity index is 792. The van der Waals surface area contributed by atoms with E-state index in [2.05, 4.69) is 10.4 Å². The van der Waals surface area contributed by atoms with E-state index < -0.39 is 11.5 Å². The first-order chi connectivity index (χ1) is 11.9. The molecule has 0 spiro atoms. The molecule has 1 fully saturated rings. The van der Waals surface area contributed by atoms with Gasteiger partial charge in [0.2, 0.25) is 0 Å². The molecule has 132 valence electrons. The van der Waals surface area contributed by atoms with Gasteiger partial charge in [-0.3, -0.25) is 9.59 Å². The van der Waals surface area contributed by atoms with Gasteiger partial charge in [0.15, 0.2) is 0 Å². The van der Waals surface area contributed by atoms with E-state index in [1.54, 1.807) is 16.8 Å². The van der Waals surface area contributed by atoms with Crippen molar-refractivity contribution < 1.29 is 14.7 Å². The SMILES string of the molecule is Cc1c(C(=O)NC2(CC(=O)O)CCCC2)cnn1-c1ccc(Cl)cc1. The van der Waals surface area contributed by atoms with Crippen LogP contribution in [0.25, 0.3) is 5.69 Å². The fourth-order valence-corrected chi connectivity index (χ4v) is 3.60. The maximum atomic E-state index is 12.7. The number of hydrogen-bond donors (Lipinski definition) is 2. The fraction of sp³-hybridized carbons (Fsp3) is 0.389. The van der Waals surface area contributed by atoms with E-state index >= 15 is 0 Å². The molecule has 1 aromatic carbocycles. The second-order valence-corrected chi connectivity index (χ2v) is 6.98. The number of amides is 1. The van der Waals surface area contributed by atoms with E-state index in [1.807, 2.05) is 19.1 Å². The zero-order valence-corrected chi connectivity index (χ0v) is 14.7. The number of aromatic nitrogens is 2. The number of halogens is 1. The fourth-order valence-electron chi connectivity index (χ4n) is 3.47. The van der Waals surface area contributed by atoms with Crippen LogP contribution >= 0.6 is 11.6 Å². The third-order valence-electron chi connectivity index (χ3n) is 4.75. The molecule has 1 heterocycles. The molecule has 1 aromatic heterocycles. The van der Waals surface area contributed by atoms with Crippen LogP contribution in [0, 0.1) is 6.92 Å². The quantitative estimate of drug-likeness (QED) is 0.855. The predicted molar refractivity (Wildman–Crippen MR) is 94.2 cm³/mol. The van der Waals surface area contributed by atoms with Gasteiger partial charge < -0.3 is 10.4 Å². The van der Waals surface area contributed by atoms with E-state index in [-0.39, 0.29) is 12.3 Å². The Morgan fingerprint density at radius 3 is 2.52 bits per heavy atom. The summed E-state index contributed by atoms with van der Waals surface area (Å²) < 4.78 is 1.67. The summed E-state index contributed by atoms with van der Waals surface area (Å²) in [5, 5.41) is 17.1. The van der Waals surface area contributed by atoms with Crippen LogP contribution in [-0.2, 0) is 4.79 Å². The van der Waals surface area contributed by atoms with Gasteiger partial charge in [0.1, 0.15) is 0 Å². The molecular weight excluding hydrogens is 342 g/mol. The van der Waals surface area contributed by atoms with Gasteiger partial charge in [-0.1, -0.05) is 24.4 Å². The lowest BCUT2D eigenvalue weighted by molar-refractivity contribution is -0.138. The predicted octanol–water partition coefficient (Wildman–Crippen LogP) is 3.35. The van der Waals surface area contributed by atoms with Crippen molar-refractivity contribution in [2.45, 2.75) is 44.6 Å². The van der Waals surface area contributed by atoms with Gasteiger partial charge in [0.25, 0.3) is 5.91 Å². The topological polar surface area (TPSA) is 84.2 Å². The van der Waals surface area contributed by atoms with Crippen LogP contribution in [0.5, 0.6) is 0 Å². The summed E-state index contributed by atoms with van der Waals surface area (Å²) in [6, 6.07) is 7.18. The zero-order valence-electron chi connectivity index (χ0n) is 14.0. The summed E-state index contributed by atoms with van der Waals surface area (Å²) >= 11 is 5.90. The Morgan fingerprint density at radius 2 is 1.92 bits per heavy atom. The van der Waals surface area contributed by atoms with E-state index in [9.17, 15) is 14.7 Å². The third kappa shape index (κ3) is 3.69. The molecule has 1 amide bonds. The second kappa shape index (κ2) is 6.88. The first-order valence-electron chi connectivity index (χ1n) is 8.25. The third-order valence-corrected chi connectivity index (χ3v) is 5.01. The summed E-state index contributed by atoms with van der Waals surface area (Å²) in [5.74, 6) is -1.17. The number of carboxylic acids is 1. The molecule has 0 unspecified atom stereocenters. The summed E-state index contributed by atoms with van der Waals surface area (Å²) in [6.07, 6.45) is 4.70. The lowest BCUT2D eigenvalue weighted by atomic mass is 9.92. The Kier molecular flexibility index (Phi) is 4.81. The number of hydrogen-bond acceptors (Lipinski definition) is 3. The van der Waals surface area contributed by atoms with Crippen LogP contribution in [-0.4, -0.2) is 32.3 Å². The summed E-state index contributed by atoms with van der Waals surface area (Å²) in [5.41, 5.74) is 1.30. The van der Waals surface area contributed by atoms with Crippen molar-refractivity contribution >= 4 is 23.5 Å². The average Bonchev–Trinajstić information content (AvgIpc) is 3.14. The highest BCUT2D eigenvalue weighted by Crippen LogP contribution is 2.33. The highest BCUT2D eigenvalue weighted by molar-refractivity contribution is 6.30. The first kappa shape index (κ1) is 17.5. The lowest BCUT2D eigenvalue weighted by Gasteiger charge is -2.28. The van der Waals surface area contributed by atoms with E-state index in [0.717, 1.165) is 18.5 Å². The molecule has 0 atom stereocenters. The number of nitrogens with one attached hydrogen (secondary N) is 1. The van der Waals surface area contributed by atoms with Crippen LogP contribution in [0.2, 0.25) is 5.02 Å². The van der Waals surface area contributed by atoms with Crippen molar-refractivity contribution in [2.75, 3.05) is 0 Å². The molecule has 0 saturated heterocycles. The largest absolute Gasteiger partial charge is 0.481 e. The Hall–Kier alpha value is -2.34. The van der Waals surface area contributed by atoms with Gasteiger partial charge in [0, 0.05) is 5.02 Å². The molecule has 2 N–H and O–H groups in total. The Balaban J connectivity index is 1.83. The number of nitrogens with zero attached hydrogens (tertiary/aromatic N) is 2. The smallest absolute Gasteiger partial charge is 0.305 e.